The number of carbonyl (C=O) groups excluding carboxylic acids is 1. The minimum Gasteiger partial charge on any atom is -0.445 e. The molecule has 0 aromatic heterocycles. The summed E-state index contributed by atoms with van der Waals surface area (Å²) in [4.78, 5) is 11.4. The van der Waals surface area contributed by atoms with Crippen molar-refractivity contribution in [3.8, 4) is 0 Å². The lowest BCUT2D eigenvalue weighted by Crippen LogP contribution is -2.26. The Kier molecular flexibility index (Phi) is 4.58. The summed E-state index contributed by atoms with van der Waals surface area (Å²) >= 11 is 5.95. The SMILES string of the molecule is Cc1cccc(Cl)c1NC(=O)OC(C)CN. The van der Waals surface area contributed by atoms with Gasteiger partial charge in [0.1, 0.15) is 6.10 Å². The number of anilines is 1. The molecule has 0 spiro atoms. The van der Waals surface area contributed by atoms with Crippen LogP contribution in [0.2, 0.25) is 5.02 Å². The Hall–Kier alpha value is -1.26. The lowest BCUT2D eigenvalue weighted by Gasteiger charge is -2.13. The Balaban J connectivity index is 2.70. The fraction of sp³-hybridized carbons (Fsp3) is 0.364. The van der Waals surface area contributed by atoms with Crippen LogP contribution in [-0.4, -0.2) is 18.7 Å². The van der Waals surface area contributed by atoms with Gasteiger partial charge in [-0.2, -0.15) is 0 Å². The molecule has 0 aliphatic heterocycles. The van der Waals surface area contributed by atoms with E-state index in [1.54, 1.807) is 13.0 Å². The standard InChI is InChI=1S/C11H15ClN2O2/c1-7-4-3-5-9(12)10(7)14-11(15)16-8(2)6-13/h3-5,8H,6,13H2,1-2H3,(H,14,15). The molecule has 0 aliphatic carbocycles. The van der Waals surface area contributed by atoms with Crippen LogP contribution in [0.15, 0.2) is 18.2 Å². The molecule has 1 aromatic carbocycles. The Morgan fingerprint density at radius 2 is 2.31 bits per heavy atom. The highest BCUT2D eigenvalue weighted by Gasteiger charge is 2.11. The van der Waals surface area contributed by atoms with Crippen molar-refractivity contribution in [2.75, 3.05) is 11.9 Å². The molecular weight excluding hydrogens is 228 g/mol. The minimum atomic E-state index is -0.547. The van der Waals surface area contributed by atoms with E-state index >= 15 is 0 Å². The van der Waals surface area contributed by atoms with Crippen LogP contribution in [0.3, 0.4) is 0 Å². The molecular formula is C11H15ClN2O2. The molecule has 1 aromatic rings. The number of nitrogens with two attached hydrogens (primary N) is 1. The smallest absolute Gasteiger partial charge is 0.411 e. The van der Waals surface area contributed by atoms with Gasteiger partial charge < -0.3 is 10.5 Å². The number of carbonyl (C=O) groups is 1. The molecule has 0 bridgehead atoms. The van der Waals surface area contributed by atoms with E-state index in [9.17, 15) is 4.79 Å². The molecule has 0 fully saturated rings. The zero-order chi connectivity index (χ0) is 12.1. The van der Waals surface area contributed by atoms with Crippen LogP contribution in [0, 0.1) is 6.92 Å². The van der Waals surface area contributed by atoms with Crippen molar-refractivity contribution in [2.24, 2.45) is 5.73 Å². The summed E-state index contributed by atoms with van der Waals surface area (Å²) in [5.41, 5.74) is 6.79. The first kappa shape index (κ1) is 12.8. The fourth-order valence-electron chi connectivity index (χ4n) is 1.15. The summed E-state index contributed by atoms with van der Waals surface area (Å²) in [7, 11) is 0. The quantitative estimate of drug-likeness (QED) is 0.856. The fourth-order valence-corrected chi connectivity index (χ4v) is 1.42. The van der Waals surface area contributed by atoms with Crippen LogP contribution in [0.4, 0.5) is 10.5 Å². The maximum absolute atomic E-state index is 11.4. The van der Waals surface area contributed by atoms with Crippen LogP contribution in [0.1, 0.15) is 12.5 Å². The second-order valence-electron chi connectivity index (χ2n) is 3.51. The number of hydrogen-bond donors (Lipinski definition) is 2. The zero-order valence-corrected chi connectivity index (χ0v) is 10.0. The molecule has 4 nitrogen and oxygen atoms in total. The molecule has 1 rings (SSSR count). The maximum atomic E-state index is 11.4. The monoisotopic (exact) mass is 242 g/mol. The lowest BCUT2D eigenvalue weighted by molar-refractivity contribution is 0.124. The van der Waals surface area contributed by atoms with E-state index in [1.807, 2.05) is 19.1 Å². The van der Waals surface area contributed by atoms with Gasteiger partial charge >= 0.3 is 6.09 Å². The summed E-state index contributed by atoms with van der Waals surface area (Å²) in [6.07, 6.45) is -0.864. The molecule has 1 unspecified atom stereocenters. The number of hydrogen-bond acceptors (Lipinski definition) is 3. The molecule has 0 aliphatic rings. The van der Waals surface area contributed by atoms with E-state index in [-0.39, 0.29) is 12.6 Å². The molecule has 3 N–H and O–H groups in total. The number of aryl methyl sites for hydroxylation is 1. The first-order valence-corrected chi connectivity index (χ1v) is 5.35. The molecule has 0 radical (unpaired) electrons. The Morgan fingerprint density at radius 1 is 1.62 bits per heavy atom. The largest absolute Gasteiger partial charge is 0.445 e. The highest BCUT2D eigenvalue weighted by atomic mass is 35.5. The van der Waals surface area contributed by atoms with E-state index in [2.05, 4.69) is 5.32 Å². The van der Waals surface area contributed by atoms with E-state index in [4.69, 9.17) is 22.1 Å². The highest BCUT2D eigenvalue weighted by Crippen LogP contribution is 2.25. The van der Waals surface area contributed by atoms with E-state index < -0.39 is 6.09 Å². The van der Waals surface area contributed by atoms with Crippen molar-refractivity contribution in [1.82, 2.24) is 0 Å². The van der Waals surface area contributed by atoms with Gasteiger partial charge in [-0.25, -0.2) is 4.79 Å². The predicted octanol–water partition coefficient (Wildman–Crippen LogP) is 2.54. The third kappa shape index (κ3) is 3.40. The van der Waals surface area contributed by atoms with Crippen molar-refractivity contribution < 1.29 is 9.53 Å². The molecule has 5 heteroatoms. The average Bonchev–Trinajstić information content (AvgIpc) is 2.23. The first-order valence-electron chi connectivity index (χ1n) is 4.97. The van der Waals surface area contributed by atoms with Crippen molar-refractivity contribution in [3.05, 3.63) is 28.8 Å². The second-order valence-corrected chi connectivity index (χ2v) is 3.92. The van der Waals surface area contributed by atoms with Crippen LogP contribution in [-0.2, 0) is 4.74 Å². The van der Waals surface area contributed by atoms with Crippen LogP contribution < -0.4 is 11.1 Å². The van der Waals surface area contributed by atoms with Gasteiger partial charge in [-0.3, -0.25) is 5.32 Å². The van der Waals surface area contributed by atoms with Gasteiger partial charge in [-0.1, -0.05) is 23.7 Å². The Bertz CT molecular complexity index is 362. The van der Waals surface area contributed by atoms with Crippen LogP contribution >= 0.6 is 11.6 Å². The number of halogens is 1. The average molecular weight is 243 g/mol. The normalized spacial score (nSPS) is 12.0. The van der Waals surface area contributed by atoms with Gasteiger partial charge in [0.2, 0.25) is 0 Å². The number of ether oxygens (including phenoxy) is 1. The Labute approximate surface area is 99.7 Å². The summed E-state index contributed by atoms with van der Waals surface area (Å²) in [5, 5.41) is 3.08. The topological polar surface area (TPSA) is 64.3 Å². The highest BCUT2D eigenvalue weighted by molar-refractivity contribution is 6.33. The number of benzene rings is 1. The number of nitrogens with one attached hydrogen (secondary N) is 1. The van der Waals surface area contributed by atoms with Gasteiger partial charge in [0.25, 0.3) is 0 Å². The summed E-state index contributed by atoms with van der Waals surface area (Å²) in [5.74, 6) is 0. The molecule has 0 saturated heterocycles. The summed E-state index contributed by atoms with van der Waals surface area (Å²) in [6.45, 7) is 3.86. The van der Waals surface area contributed by atoms with Crippen LogP contribution in [0.25, 0.3) is 0 Å². The molecule has 0 saturated carbocycles. The third-order valence-electron chi connectivity index (χ3n) is 2.09. The van der Waals surface area contributed by atoms with Crippen molar-refractivity contribution >= 4 is 23.4 Å². The number of para-hydroxylation sites is 1. The first-order chi connectivity index (χ1) is 7.54. The third-order valence-corrected chi connectivity index (χ3v) is 2.40. The van der Waals surface area contributed by atoms with Crippen molar-refractivity contribution in [1.29, 1.82) is 0 Å². The summed E-state index contributed by atoms with van der Waals surface area (Å²) < 4.78 is 4.98. The van der Waals surface area contributed by atoms with Crippen LogP contribution in [0.5, 0.6) is 0 Å². The molecule has 1 amide bonds. The molecule has 88 valence electrons. The Morgan fingerprint density at radius 3 is 2.88 bits per heavy atom. The van der Waals surface area contributed by atoms with Crippen molar-refractivity contribution in [3.63, 3.8) is 0 Å². The van der Waals surface area contributed by atoms with Gasteiger partial charge in [0.15, 0.2) is 0 Å². The van der Waals surface area contributed by atoms with E-state index in [0.717, 1.165) is 5.56 Å². The van der Waals surface area contributed by atoms with E-state index in [1.165, 1.54) is 0 Å². The predicted molar refractivity (Wildman–Crippen MR) is 64.8 cm³/mol. The molecule has 16 heavy (non-hydrogen) atoms. The van der Waals surface area contributed by atoms with Gasteiger partial charge in [-0.05, 0) is 25.5 Å². The van der Waals surface area contributed by atoms with Crippen molar-refractivity contribution in [2.45, 2.75) is 20.0 Å². The molecule has 0 heterocycles. The van der Waals surface area contributed by atoms with Gasteiger partial charge in [0, 0.05) is 6.54 Å². The van der Waals surface area contributed by atoms with Gasteiger partial charge in [0.05, 0.1) is 10.7 Å². The maximum Gasteiger partial charge on any atom is 0.411 e. The number of rotatable bonds is 3. The summed E-state index contributed by atoms with van der Waals surface area (Å²) in [6, 6.07) is 5.38. The lowest BCUT2D eigenvalue weighted by atomic mass is 10.2. The minimum absolute atomic E-state index is 0.287. The molecule has 1 atom stereocenters. The zero-order valence-electron chi connectivity index (χ0n) is 9.29. The van der Waals surface area contributed by atoms with E-state index in [0.29, 0.717) is 10.7 Å². The number of amides is 1. The van der Waals surface area contributed by atoms with Gasteiger partial charge in [-0.15, -0.1) is 0 Å². The second kappa shape index (κ2) is 5.72.